The van der Waals surface area contributed by atoms with E-state index in [1.165, 1.54) is 12.1 Å². The highest BCUT2D eigenvalue weighted by molar-refractivity contribution is 5.70. The number of rotatable bonds is 4. The van der Waals surface area contributed by atoms with E-state index in [2.05, 4.69) is 0 Å². The molecule has 0 spiro atoms. The third-order valence-corrected chi connectivity index (χ3v) is 2.32. The van der Waals surface area contributed by atoms with Crippen molar-refractivity contribution < 1.29 is 19.7 Å². The fourth-order valence-corrected chi connectivity index (χ4v) is 1.53. The predicted molar refractivity (Wildman–Crippen MR) is 59.4 cm³/mol. The topological polar surface area (TPSA) is 66.8 Å². The highest BCUT2D eigenvalue weighted by Gasteiger charge is 2.15. The van der Waals surface area contributed by atoms with Gasteiger partial charge in [0.2, 0.25) is 0 Å². The van der Waals surface area contributed by atoms with Crippen LogP contribution in [0.2, 0.25) is 0 Å². The molecule has 0 bridgehead atoms. The summed E-state index contributed by atoms with van der Waals surface area (Å²) in [6.45, 7) is 3.93. The summed E-state index contributed by atoms with van der Waals surface area (Å²) in [5.74, 6) is -0.427. The number of phenols is 2. The first kappa shape index (κ1) is 12.4. The van der Waals surface area contributed by atoms with Crippen molar-refractivity contribution in [2.24, 2.45) is 0 Å². The molecule has 88 valence electrons. The minimum Gasteiger partial charge on any atom is -0.508 e. The van der Waals surface area contributed by atoms with Crippen molar-refractivity contribution >= 4 is 5.97 Å². The Balaban J connectivity index is 2.72. The lowest BCUT2D eigenvalue weighted by atomic mass is 9.97. The van der Waals surface area contributed by atoms with Gasteiger partial charge in [0.05, 0.1) is 13.0 Å². The molecule has 2 N–H and O–H groups in total. The maximum atomic E-state index is 11.3. The molecule has 0 saturated heterocycles. The van der Waals surface area contributed by atoms with E-state index in [4.69, 9.17) is 9.84 Å². The number of phenolic OH excluding ortho intramolecular Hbond substituents is 2. The Kier molecular flexibility index (Phi) is 4.17. The second-order valence-electron chi connectivity index (χ2n) is 3.65. The van der Waals surface area contributed by atoms with Crippen LogP contribution in [-0.2, 0) is 9.53 Å². The highest BCUT2D eigenvalue weighted by Crippen LogP contribution is 2.30. The summed E-state index contributed by atoms with van der Waals surface area (Å²) in [7, 11) is 0. The Morgan fingerprint density at radius 2 is 2.12 bits per heavy atom. The molecule has 0 radical (unpaired) electrons. The Morgan fingerprint density at radius 3 is 2.69 bits per heavy atom. The average Bonchev–Trinajstić information content (AvgIpc) is 2.17. The van der Waals surface area contributed by atoms with Crippen molar-refractivity contribution in [2.75, 3.05) is 6.61 Å². The fraction of sp³-hybridized carbons (Fsp3) is 0.417. The van der Waals surface area contributed by atoms with E-state index < -0.39 is 0 Å². The van der Waals surface area contributed by atoms with Gasteiger partial charge in [-0.15, -0.1) is 0 Å². The lowest BCUT2D eigenvalue weighted by Crippen LogP contribution is -2.08. The third kappa shape index (κ3) is 3.15. The van der Waals surface area contributed by atoms with Crippen LogP contribution in [0.15, 0.2) is 18.2 Å². The highest BCUT2D eigenvalue weighted by atomic mass is 16.5. The number of carbonyl (C=O) groups excluding carboxylic acids is 1. The van der Waals surface area contributed by atoms with Crippen molar-refractivity contribution in [3.8, 4) is 11.5 Å². The van der Waals surface area contributed by atoms with Crippen molar-refractivity contribution in [1.82, 2.24) is 0 Å². The molecule has 1 atom stereocenters. The van der Waals surface area contributed by atoms with Crippen molar-refractivity contribution in [3.63, 3.8) is 0 Å². The lowest BCUT2D eigenvalue weighted by molar-refractivity contribution is -0.143. The van der Waals surface area contributed by atoms with Gasteiger partial charge in [-0.25, -0.2) is 0 Å². The van der Waals surface area contributed by atoms with Gasteiger partial charge in [-0.1, -0.05) is 13.0 Å². The van der Waals surface area contributed by atoms with Crippen LogP contribution in [0.3, 0.4) is 0 Å². The number of carbonyl (C=O) groups is 1. The SMILES string of the molecule is CCOC(=O)CC(C)c1ccc(O)cc1O. The van der Waals surface area contributed by atoms with Crippen LogP contribution >= 0.6 is 0 Å². The van der Waals surface area contributed by atoms with Crippen LogP contribution in [0, 0.1) is 0 Å². The molecule has 1 aromatic carbocycles. The zero-order chi connectivity index (χ0) is 12.1. The van der Waals surface area contributed by atoms with Crippen LogP contribution in [0.1, 0.15) is 31.7 Å². The van der Waals surface area contributed by atoms with E-state index in [1.54, 1.807) is 13.0 Å². The first-order valence-corrected chi connectivity index (χ1v) is 5.22. The van der Waals surface area contributed by atoms with Crippen molar-refractivity contribution in [3.05, 3.63) is 23.8 Å². The van der Waals surface area contributed by atoms with Crippen LogP contribution < -0.4 is 0 Å². The summed E-state index contributed by atoms with van der Waals surface area (Å²) < 4.78 is 4.83. The summed E-state index contributed by atoms with van der Waals surface area (Å²) in [4.78, 5) is 11.3. The first-order chi connectivity index (χ1) is 7.54. The van der Waals surface area contributed by atoms with E-state index in [-0.39, 0.29) is 29.8 Å². The van der Waals surface area contributed by atoms with Gasteiger partial charge in [0.15, 0.2) is 0 Å². The normalized spacial score (nSPS) is 12.1. The van der Waals surface area contributed by atoms with Crippen molar-refractivity contribution in [1.29, 1.82) is 0 Å². The predicted octanol–water partition coefficient (Wildman–Crippen LogP) is 2.15. The summed E-state index contributed by atoms with van der Waals surface area (Å²) in [6.07, 6.45) is 0.214. The van der Waals surface area contributed by atoms with Gasteiger partial charge in [0.25, 0.3) is 0 Å². The van der Waals surface area contributed by atoms with E-state index >= 15 is 0 Å². The second kappa shape index (κ2) is 5.39. The number of hydrogen-bond donors (Lipinski definition) is 2. The molecule has 1 aromatic rings. The van der Waals surface area contributed by atoms with Gasteiger partial charge in [-0.3, -0.25) is 4.79 Å². The molecule has 0 amide bonds. The average molecular weight is 224 g/mol. The molecule has 4 nitrogen and oxygen atoms in total. The van der Waals surface area contributed by atoms with Gasteiger partial charge in [-0.2, -0.15) is 0 Å². The molecular weight excluding hydrogens is 208 g/mol. The van der Waals surface area contributed by atoms with Gasteiger partial charge >= 0.3 is 5.97 Å². The Bertz CT molecular complexity index is 373. The van der Waals surface area contributed by atoms with E-state index in [1.807, 2.05) is 6.92 Å². The van der Waals surface area contributed by atoms with Crippen LogP contribution in [0.4, 0.5) is 0 Å². The van der Waals surface area contributed by atoms with Gasteiger partial charge in [0.1, 0.15) is 11.5 Å². The quantitative estimate of drug-likeness (QED) is 0.769. The lowest BCUT2D eigenvalue weighted by Gasteiger charge is -2.12. The Labute approximate surface area is 94.5 Å². The molecule has 0 aliphatic heterocycles. The molecule has 1 rings (SSSR count). The summed E-state index contributed by atoms with van der Waals surface area (Å²) in [5, 5.41) is 18.7. The third-order valence-electron chi connectivity index (χ3n) is 2.32. The van der Waals surface area contributed by atoms with E-state index in [0.29, 0.717) is 12.2 Å². The summed E-state index contributed by atoms with van der Waals surface area (Å²) in [5.41, 5.74) is 0.630. The number of benzene rings is 1. The Morgan fingerprint density at radius 1 is 1.44 bits per heavy atom. The smallest absolute Gasteiger partial charge is 0.306 e. The zero-order valence-corrected chi connectivity index (χ0v) is 9.43. The van der Waals surface area contributed by atoms with Crippen LogP contribution in [-0.4, -0.2) is 22.8 Å². The zero-order valence-electron chi connectivity index (χ0n) is 9.43. The Hall–Kier alpha value is -1.71. The molecule has 0 fully saturated rings. The van der Waals surface area contributed by atoms with Gasteiger partial charge < -0.3 is 14.9 Å². The number of hydrogen-bond acceptors (Lipinski definition) is 4. The molecular formula is C12H16O4. The maximum Gasteiger partial charge on any atom is 0.306 e. The maximum absolute atomic E-state index is 11.3. The molecule has 1 unspecified atom stereocenters. The number of esters is 1. The molecule has 0 heterocycles. The van der Waals surface area contributed by atoms with Crippen molar-refractivity contribution in [2.45, 2.75) is 26.2 Å². The molecule has 0 aromatic heterocycles. The molecule has 0 saturated carbocycles. The second-order valence-corrected chi connectivity index (χ2v) is 3.65. The number of ether oxygens (including phenoxy) is 1. The van der Waals surface area contributed by atoms with Crippen LogP contribution in [0.5, 0.6) is 11.5 Å². The summed E-state index contributed by atoms with van der Waals surface area (Å²) >= 11 is 0. The van der Waals surface area contributed by atoms with Crippen LogP contribution in [0.25, 0.3) is 0 Å². The standard InChI is InChI=1S/C12H16O4/c1-3-16-12(15)6-8(2)10-5-4-9(13)7-11(10)14/h4-5,7-8,13-14H,3,6H2,1-2H3. The summed E-state index contributed by atoms with van der Waals surface area (Å²) in [6, 6.07) is 4.35. The number of aromatic hydroxyl groups is 2. The van der Waals surface area contributed by atoms with E-state index in [9.17, 15) is 9.90 Å². The van der Waals surface area contributed by atoms with Gasteiger partial charge in [-0.05, 0) is 24.5 Å². The first-order valence-electron chi connectivity index (χ1n) is 5.22. The fourth-order valence-electron chi connectivity index (χ4n) is 1.53. The van der Waals surface area contributed by atoms with E-state index in [0.717, 1.165) is 0 Å². The van der Waals surface area contributed by atoms with Gasteiger partial charge in [0, 0.05) is 6.07 Å². The molecule has 0 aliphatic rings. The molecule has 4 heteroatoms. The minimum atomic E-state index is -0.289. The molecule has 16 heavy (non-hydrogen) atoms. The molecule has 0 aliphatic carbocycles. The minimum absolute atomic E-state index is 0.00296. The largest absolute Gasteiger partial charge is 0.508 e. The monoisotopic (exact) mass is 224 g/mol.